The van der Waals surface area contributed by atoms with Gasteiger partial charge in [0.05, 0.1) is 23.6 Å². The molecule has 1 aromatic rings. The van der Waals surface area contributed by atoms with Crippen LogP contribution >= 0.6 is 0 Å². The van der Waals surface area contributed by atoms with Gasteiger partial charge in [-0.05, 0) is 18.2 Å². The van der Waals surface area contributed by atoms with E-state index in [0.29, 0.717) is 18.7 Å². The molecule has 0 spiro atoms. The number of amides is 3. The van der Waals surface area contributed by atoms with Crippen LogP contribution in [0.4, 0.5) is 14.9 Å². The number of anilines is 1. The largest absolute Gasteiger partial charge is 0.335 e. The molecule has 0 saturated carbocycles. The quantitative estimate of drug-likeness (QED) is 0.845. The highest BCUT2D eigenvalue weighted by Gasteiger charge is 2.49. The molecule has 2 aliphatic rings. The number of carbonyl (C=O) groups excluding carboxylic acids is 2. The molecule has 2 heterocycles. The molecule has 0 bridgehead atoms. The molecule has 1 N–H and O–H groups in total. The molecule has 3 amide bonds. The van der Waals surface area contributed by atoms with Crippen molar-refractivity contribution in [1.29, 1.82) is 0 Å². The molecule has 9 heteroatoms. The number of rotatable bonds is 2. The third kappa shape index (κ3) is 3.60. The van der Waals surface area contributed by atoms with Gasteiger partial charge in [0.15, 0.2) is 9.84 Å². The van der Waals surface area contributed by atoms with Gasteiger partial charge in [0.25, 0.3) is 0 Å². The lowest BCUT2D eigenvalue weighted by atomic mass is 10.0. The normalized spacial score (nSPS) is 24.7. The van der Waals surface area contributed by atoms with E-state index in [4.69, 9.17) is 0 Å². The number of sulfone groups is 1. The lowest BCUT2D eigenvalue weighted by molar-refractivity contribution is -0.135. The molecule has 2 atom stereocenters. The van der Waals surface area contributed by atoms with E-state index in [-0.39, 0.29) is 24.0 Å². The van der Waals surface area contributed by atoms with Crippen molar-refractivity contribution in [1.82, 2.24) is 9.80 Å². The van der Waals surface area contributed by atoms with Gasteiger partial charge in [0.2, 0.25) is 5.91 Å². The number of hydrogen-bond donors (Lipinski definition) is 1. The monoisotopic (exact) mass is 369 g/mol. The number of halogens is 1. The first-order valence-corrected chi connectivity index (χ1v) is 9.96. The lowest BCUT2D eigenvalue weighted by Crippen LogP contribution is -2.62. The van der Waals surface area contributed by atoms with Gasteiger partial charge in [0.1, 0.15) is 5.82 Å². The van der Waals surface area contributed by atoms with Crippen molar-refractivity contribution in [3.63, 3.8) is 0 Å². The van der Waals surface area contributed by atoms with Gasteiger partial charge in [0, 0.05) is 25.2 Å². The number of urea groups is 1. The average molecular weight is 369 g/mol. The summed E-state index contributed by atoms with van der Waals surface area (Å²) in [7, 11) is -3.33. The Bertz CT molecular complexity index is 798. The first kappa shape index (κ1) is 17.7. The van der Waals surface area contributed by atoms with Gasteiger partial charge < -0.3 is 15.1 Å². The zero-order chi connectivity index (χ0) is 18.2. The van der Waals surface area contributed by atoms with Crippen molar-refractivity contribution in [3.05, 3.63) is 30.1 Å². The molecular formula is C16H20FN3O4S. The molecule has 25 heavy (non-hydrogen) atoms. The number of piperazine rings is 1. The van der Waals surface area contributed by atoms with Crippen LogP contribution in [0.15, 0.2) is 24.3 Å². The minimum atomic E-state index is -3.33. The molecular weight excluding hydrogens is 349 g/mol. The van der Waals surface area contributed by atoms with E-state index >= 15 is 0 Å². The molecule has 2 fully saturated rings. The summed E-state index contributed by atoms with van der Waals surface area (Å²) in [4.78, 5) is 27.7. The molecule has 0 aromatic heterocycles. The van der Waals surface area contributed by atoms with Crippen LogP contribution in [0.3, 0.4) is 0 Å². The van der Waals surface area contributed by atoms with Gasteiger partial charge in [-0.25, -0.2) is 17.6 Å². The number of fused-ring (bicyclic) bond motifs is 1. The van der Waals surface area contributed by atoms with Crippen LogP contribution in [-0.2, 0) is 14.6 Å². The Hall–Kier alpha value is -2.16. The Morgan fingerprint density at radius 3 is 2.48 bits per heavy atom. The second-order valence-electron chi connectivity index (χ2n) is 6.29. The zero-order valence-corrected chi connectivity index (χ0v) is 14.6. The van der Waals surface area contributed by atoms with Crippen molar-refractivity contribution in [2.24, 2.45) is 0 Å². The van der Waals surface area contributed by atoms with Crippen LogP contribution in [0.5, 0.6) is 0 Å². The topological polar surface area (TPSA) is 86.8 Å². The number of benzene rings is 1. The lowest BCUT2D eigenvalue weighted by Gasteiger charge is -2.43. The minimum Gasteiger partial charge on any atom is -0.335 e. The van der Waals surface area contributed by atoms with Crippen LogP contribution in [0.25, 0.3) is 0 Å². The Balaban J connectivity index is 1.80. The summed E-state index contributed by atoms with van der Waals surface area (Å²) in [5.41, 5.74) is 0.300. The Morgan fingerprint density at radius 1 is 1.20 bits per heavy atom. The molecule has 7 nitrogen and oxygen atoms in total. The summed E-state index contributed by atoms with van der Waals surface area (Å²) in [6, 6.07) is 3.91. The van der Waals surface area contributed by atoms with Crippen molar-refractivity contribution in [2.45, 2.75) is 25.4 Å². The maximum atomic E-state index is 13.3. The highest BCUT2D eigenvalue weighted by molar-refractivity contribution is 7.91. The van der Waals surface area contributed by atoms with Crippen molar-refractivity contribution < 1.29 is 22.4 Å². The third-order valence-electron chi connectivity index (χ3n) is 4.64. The fraction of sp³-hybridized carbons (Fsp3) is 0.500. The fourth-order valence-electron chi connectivity index (χ4n) is 3.48. The Kier molecular flexibility index (Phi) is 4.68. The van der Waals surface area contributed by atoms with Crippen LogP contribution in [-0.4, -0.2) is 66.8 Å². The van der Waals surface area contributed by atoms with E-state index in [1.54, 1.807) is 17.9 Å². The van der Waals surface area contributed by atoms with Gasteiger partial charge in [-0.15, -0.1) is 0 Å². The smallest absolute Gasteiger partial charge is 0.322 e. The predicted molar refractivity (Wildman–Crippen MR) is 90.4 cm³/mol. The highest BCUT2D eigenvalue weighted by Crippen LogP contribution is 2.28. The van der Waals surface area contributed by atoms with Gasteiger partial charge in [-0.1, -0.05) is 13.0 Å². The SMILES string of the molecule is CCC(=O)N1CCN(C(=O)Nc2cccc(F)c2)[C@H]2CS(=O)(=O)C[C@H]21. The summed E-state index contributed by atoms with van der Waals surface area (Å²) in [5.74, 6) is -0.885. The standard InChI is InChI=1S/C16H20FN3O4S/c1-2-15(21)19-6-7-20(14-10-25(23,24)9-13(14)19)16(22)18-12-5-3-4-11(17)8-12/h3-5,8,13-14H,2,6-7,9-10H2,1H3,(H,18,22)/t13-,14+/m1/s1. The highest BCUT2D eigenvalue weighted by atomic mass is 32.2. The fourth-order valence-corrected chi connectivity index (χ4v) is 5.46. The van der Waals surface area contributed by atoms with Crippen LogP contribution in [0.2, 0.25) is 0 Å². The molecule has 0 aliphatic carbocycles. The average Bonchev–Trinajstić information content (AvgIpc) is 2.87. The van der Waals surface area contributed by atoms with Crippen LogP contribution in [0, 0.1) is 5.82 Å². The van der Waals surface area contributed by atoms with Crippen molar-refractivity contribution >= 4 is 27.5 Å². The van der Waals surface area contributed by atoms with E-state index in [9.17, 15) is 22.4 Å². The van der Waals surface area contributed by atoms with E-state index in [1.807, 2.05) is 0 Å². The summed E-state index contributed by atoms with van der Waals surface area (Å²) in [6.07, 6.45) is 0.290. The maximum Gasteiger partial charge on any atom is 0.322 e. The van der Waals surface area contributed by atoms with E-state index in [2.05, 4.69) is 5.32 Å². The van der Waals surface area contributed by atoms with Gasteiger partial charge in [-0.2, -0.15) is 0 Å². The molecule has 2 aliphatic heterocycles. The number of carbonyl (C=O) groups is 2. The van der Waals surface area contributed by atoms with Crippen LogP contribution < -0.4 is 5.32 Å². The van der Waals surface area contributed by atoms with Gasteiger partial charge >= 0.3 is 6.03 Å². The first-order valence-electron chi connectivity index (χ1n) is 8.14. The number of hydrogen-bond acceptors (Lipinski definition) is 4. The summed E-state index contributed by atoms with van der Waals surface area (Å²) in [5, 5.41) is 2.60. The molecule has 0 radical (unpaired) electrons. The van der Waals surface area contributed by atoms with Crippen molar-refractivity contribution in [2.75, 3.05) is 29.9 Å². The predicted octanol–water partition coefficient (Wildman–Crippen LogP) is 1.08. The Labute approximate surface area is 145 Å². The molecule has 1 aromatic carbocycles. The third-order valence-corrected chi connectivity index (χ3v) is 6.33. The van der Waals surface area contributed by atoms with E-state index < -0.39 is 33.8 Å². The van der Waals surface area contributed by atoms with Gasteiger partial charge in [-0.3, -0.25) is 4.79 Å². The Morgan fingerprint density at radius 2 is 1.84 bits per heavy atom. The molecule has 0 unspecified atom stereocenters. The molecule has 136 valence electrons. The minimum absolute atomic E-state index is 0.114. The summed E-state index contributed by atoms with van der Waals surface area (Å²) in [6.45, 7) is 2.26. The first-order chi connectivity index (χ1) is 11.8. The summed E-state index contributed by atoms with van der Waals surface area (Å²) < 4.78 is 37.4. The molecule has 3 rings (SSSR count). The second-order valence-corrected chi connectivity index (χ2v) is 8.44. The van der Waals surface area contributed by atoms with Crippen LogP contribution in [0.1, 0.15) is 13.3 Å². The number of nitrogens with one attached hydrogen (secondary N) is 1. The molecule has 2 saturated heterocycles. The van der Waals surface area contributed by atoms with Crippen molar-refractivity contribution in [3.8, 4) is 0 Å². The van der Waals surface area contributed by atoms with E-state index in [1.165, 1.54) is 23.1 Å². The van der Waals surface area contributed by atoms with E-state index in [0.717, 1.165) is 0 Å². The maximum absolute atomic E-state index is 13.3. The summed E-state index contributed by atoms with van der Waals surface area (Å²) >= 11 is 0. The number of nitrogens with zero attached hydrogens (tertiary/aromatic N) is 2. The zero-order valence-electron chi connectivity index (χ0n) is 13.8. The second kappa shape index (κ2) is 6.62.